The van der Waals surface area contributed by atoms with Gasteiger partial charge in [0.05, 0.1) is 32.1 Å². The Morgan fingerprint density at radius 3 is 3.00 bits per heavy atom. The Morgan fingerprint density at radius 1 is 1.56 bits per heavy atom. The quantitative estimate of drug-likeness (QED) is 0.621. The third kappa shape index (κ3) is 2.85. The highest BCUT2D eigenvalue weighted by molar-refractivity contribution is 6.29. The molecule has 1 unspecified atom stereocenters. The van der Waals surface area contributed by atoms with E-state index in [1.807, 2.05) is 13.1 Å². The molecule has 0 spiro atoms. The van der Waals surface area contributed by atoms with E-state index in [2.05, 4.69) is 16.8 Å². The molecule has 18 heavy (non-hydrogen) atoms. The maximum Gasteiger partial charge on any atom is 0.133 e. The summed E-state index contributed by atoms with van der Waals surface area (Å²) < 4.78 is 5.43. The molecular weight excluding hydrogens is 254 g/mol. The number of anilines is 2. The van der Waals surface area contributed by atoms with Crippen LogP contribution in [0.4, 0.5) is 11.5 Å². The van der Waals surface area contributed by atoms with E-state index in [1.165, 1.54) is 0 Å². The molecule has 0 bridgehead atoms. The molecule has 6 heteroatoms. The largest absolute Gasteiger partial charge is 0.377 e. The zero-order valence-electron chi connectivity index (χ0n) is 10.9. The summed E-state index contributed by atoms with van der Waals surface area (Å²) >= 11 is 6.07. The van der Waals surface area contributed by atoms with Crippen molar-refractivity contribution in [1.82, 2.24) is 4.98 Å². The monoisotopic (exact) mass is 271 g/mol. The van der Waals surface area contributed by atoms with Crippen molar-refractivity contribution in [3.05, 3.63) is 17.3 Å². The van der Waals surface area contributed by atoms with Crippen LogP contribution in [-0.2, 0) is 9.57 Å². The second-order valence-corrected chi connectivity index (χ2v) is 4.69. The fraction of sp³-hybridized carbons (Fsp3) is 0.583. The number of rotatable bonds is 3. The van der Waals surface area contributed by atoms with Gasteiger partial charge < -0.3 is 9.64 Å². The van der Waals surface area contributed by atoms with Crippen molar-refractivity contribution in [2.24, 2.45) is 0 Å². The van der Waals surface area contributed by atoms with Gasteiger partial charge in [-0.25, -0.2) is 4.98 Å². The first-order valence-corrected chi connectivity index (χ1v) is 6.29. The maximum absolute atomic E-state index is 6.07. The lowest BCUT2D eigenvalue weighted by atomic mass is 10.2. The number of hydroxylamine groups is 1. The molecular formula is C12H18ClN3O2. The minimum Gasteiger partial charge on any atom is -0.377 e. The van der Waals surface area contributed by atoms with E-state index in [1.54, 1.807) is 18.2 Å². The standard InChI is InChI=1S/C12H18ClN3O2/c1-9-8-18-5-4-16(9)12-7-10(15(2)17-3)6-11(13)14-12/h6-7,9H,4-5,8H2,1-3H3. The van der Waals surface area contributed by atoms with Gasteiger partial charge in [0.1, 0.15) is 11.0 Å². The van der Waals surface area contributed by atoms with Gasteiger partial charge in [0, 0.05) is 25.7 Å². The van der Waals surface area contributed by atoms with Gasteiger partial charge >= 0.3 is 0 Å². The number of hydrogen-bond donors (Lipinski definition) is 0. The minimum atomic E-state index is 0.297. The zero-order chi connectivity index (χ0) is 13.1. The van der Waals surface area contributed by atoms with E-state index in [4.69, 9.17) is 21.2 Å². The summed E-state index contributed by atoms with van der Waals surface area (Å²) in [6.07, 6.45) is 0. The van der Waals surface area contributed by atoms with Crippen molar-refractivity contribution in [3.63, 3.8) is 0 Å². The Morgan fingerprint density at radius 2 is 2.33 bits per heavy atom. The van der Waals surface area contributed by atoms with E-state index in [9.17, 15) is 0 Å². The van der Waals surface area contributed by atoms with Crippen molar-refractivity contribution in [1.29, 1.82) is 0 Å². The van der Waals surface area contributed by atoms with Gasteiger partial charge in [-0.2, -0.15) is 0 Å². The van der Waals surface area contributed by atoms with Gasteiger partial charge in [0.25, 0.3) is 0 Å². The molecule has 1 atom stereocenters. The van der Waals surface area contributed by atoms with Crippen LogP contribution in [0.3, 0.4) is 0 Å². The van der Waals surface area contributed by atoms with Crippen LogP contribution in [0.2, 0.25) is 5.15 Å². The lowest BCUT2D eigenvalue weighted by molar-refractivity contribution is 0.0985. The van der Waals surface area contributed by atoms with Crippen molar-refractivity contribution in [2.75, 3.05) is 43.9 Å². The van der Waals surface area contributed by atoms with E-state index in [-0.39, 0.29) is 0 Å². The van der Waals surface area contributed by atoms with Crippen LogP contribution in [-0.4, -0.2) is 44.9 Å². The van der Waals surface area contributed by atoms with Crippen LogP contribution in [0.5, 0.6) is 0 Å². The summed E-state index contributed by atoms with van der Waals surface area (Å²) in [4.78, 5) is 11.7. The summed E-state index contributed by atoms with van der Waals surface area (Å²) in [5.74, 6) is 0.859. The molecule has 0 saturated carbocycles. The maximum atomic E-state index is 6.07. The van der Waals surface area contributed by atoms with E-state index in [0.29, 0.717) is 24.4 Å². The van der Waals surface area contributed by atoms with Crippen LogP contribution in [0, 0.1) is 0 Å². The Kier molecular flexibility index (Phi) is 4.27. The van der Waals surface area contributed by atoms with Gasteiger partial charge in [-0.15, -0.1) is 0 Å². The summed E-state index contributed by atoms with van der Waals surface area (Å²) in [6.45, 7) is 4.36. The summed E-state index contributed by atoms with van der Waals surface area (Å²) in [6, 6.07) is 4.04. The first-order chi connectivity index (χ1) is 8.61. The molecule has 1 aromatic heterocycles. The average molecular weight is 272 g/mol. The fourth-order valence-electron chi connectivity index (χ4n) is 1.97. The van der Waals surface area contributed by atoms with E-state index in [0.717, 1.165) is 18.1 Å². The first kappa shape index (κ1) is 13.4. The molecule has 1 fully saturated rings. The topological polar surface area (TPSA) is 37.8 Å². The highest BCUT2D eigenvalue weighted by Crippen LogP contribution is 2.26. The second-order valence-electron chi connectivity index (χ2n) is 4.30. The molecule has 0 N–H and O–H groups in total. The molecule has 1 saturated heterocycles. The lowest BCUT2D eigenvalue weighted by Crippen LogP contribution is -2.44. The van der Waals surface area contributed by atoms with Crippen molar-refractivity contribution >= 4 is 23.1 Å². The third-order valence-electron chi connectivity index (χ3n) is 3.06. The summed E-state index contributed by atoms with van der Waals surface area (Å²) in [5.41, 5.74) is 0.881. The highest BCUT2D eigenvalue weighted by Gasteiger charge is 2.21. The van der Waals surface area contributed by atoms with Crippen LogP contribution in [0.1, 0.15) is 6.92 Å². The molecule has 2 heterocycles. The van der Waals surface area contributed by atoms with Gasteiger partial charge in [0.15, 0.2) is 0 Å². The van der Waals surface area contributed by atoms with Gasteiger partial charge in [0.2, 0.25) is 0 Å². The number of ether oxygens (including phenoxy) is 1. The molecule has 100 valence electrons. The smallest absolute Gasteiger partial charge is 0.133 e. The van der Waals surface area contributed by atoms with Gasteiger partial charge in [-0.05, 0) is 6.92 Å². The molecule has 2 rings (SSSR count). The SMILES string of the molecule is CON(C)c1cc(Cl)nc(N2CCOCC2C)c1. The summed E-state index contributed by atoms with van der Waals surface area (Å²) in [7, 11) is 3.45. The number of nitrogens with zero attached hydrogens (tertiary/aromatic N) is 3. The van der Waals surface area contributed by atoms with Gasteiger partial charge in [-0.1, -0.05) is 11.6 Å². The number of halogens is 1. The Balaban J connectivity index is 2.29. The molecule has 0 radical (unpaired) electrons. The van der Waals surface area contributed by atoms with Crippen molar-refractivity contribution in [3.8, 4) is 0 Å². The zero-order valence-corrected chi connectivity index (χ0v) is 11.6. The van der Waals surface area contributed by atoms with Crippen LogP contribution < -0.4 is 9.96 Å². The predicted molar refractivity (Wildman–Crippen MR) is 72.3 cm³/mol. The number of hydrogen-bond acceptors (Lipinski definition) is 5. The normalized spacial score (nSPS) is 20.0. The molecule has 0 aromatic carbocycles. The third-order valence-corrected chi connectivity index (χ3v) is 3.26. The van der Waals surface area contributed by atoms with Crippen LogP contribution >= 0.6 is 11.6 Å². The molecule has 5 nitrogen and oxygen atoms in total. The molecule has 1 aliphatic heterocycles. The van der Waals surface area contributed by atoms with E-state index < -0.39 is 0 Å². The van der Waals surface area contributed by atoms with Crippen molar-refractivity contribution < 1.29 is 9.57 Å². The molecule has 1 aliphatic rings. The minimum absolute atomic E-state index is 0.297. The molecule has 0 aliphatic carbocycles. The van der Waals surface area contributed by atoms with Crippen LogP contribution in [0.15, 0.2) is 12.1 Å². The predicted octanol–water partition coefficient (Wildman–Crippen LogP) is 1.96. The molecule has 1 aromatic rings. The summed E-state index contributed by atoms with van der Waals surface area (Å²) in [5, 5.41) is 2.12. The van der Waals surface area contributed by atoms with E-state index >= 15 is 0 Å². The highest BCUT2D eigenvalue weighted by atomic mass is 35.5. The Bertz CT molecular complexity index is 416. The number of morpholine rings is 1. The average Bonchev–Trinajstić information content (AvgIpc) is 2.37. The Hall–Kier alpha value is -1.04. The first-order valence-electron chi connectivity index (χ1n) is 5.91. The number of aromatic nitrogens is 1. The fourth-order valence-corrected chi connectivity index (χ4v) is 2.17. The Labute approximate surface area is 112 Å². The van der Waals surface area contributed by atoms with Crippen LogP contribution in [0.25, 0.3) is 0 Å². The molecule has 0 amide bonds. The lowest BCUT2D eigenvalue weighted by Gasteiger charge is -2.34. The number of pyridine rings is 1. The second kappa shape index (κ2) is 5.73. The van der Waals surface area contributed by atoms with Crippen molar-refractivity contribution in [2.45, 2.75) is 13.0 Å². The van der Waals surface area contributed by atoms with Gasteiger partial charge in [-0.3, -0.25) is 9.90 Å².